The molecule has 0 spiro atoms. The zero-order valence-electron chi connectivity index (χ0n) is 9.27. The van der Waals surface area contributed by atoms with E-state index in [1.54, 1.807) is 0 Å². The van der Waals surface area contributed by atoms with Crippen molar-refractivity contribution in [2.24, 2.45) is 0 Å². The lowest BCUT2D eigenvalue weighted by Crippen LogP contribution is -2.45. The highest BCUT2D eigenvalue weighted by molar-refractivity contribution is 7.10. The van der Waals surface area contributed by atoms with Crippen molar-refractivity contribution in [1.29, 1.82) is 5.26 Å². The SMILES string of the molecule is Cc1ccc(-c2csc(C3(C#N)COC3)n2)o1. The van der Waals surface area contributed by atoms with Gasteiger partial charge in [0.1, 0.15) is 16.5 Å². The van der Waals surface area contributed by atoms with E-state index < -0.39 is 5.41 Å². The van der Waals surface area contributed by atoms with Crippen molar-refractivity contribution in [3.63, 3.8) is 0 Å². The molecule has 1 saturated heterocycles. The van der Waals surface area contributed by atoms with Crippen LogP contribution in [0.15, 0.2) is 21.9 Å². The van der Waals surface area contributed by atoms with Crippen LogP contribution >= 0.6 is 11.3 Å². The predicted molar refractivity (Wildman–Crippen MR) is 62.7 cm³/mol. The first-order valence-electron chi connectivity index (χ1n) is 5.25. The number of hydrogen-bond acceptors (Lipinski definition) is 5. The minimum Gasteiger partial charge on any atom is -0.460 e. The van der Waals surface area contributed by atoms with Gasteiger partial charge in [0.05, 0.1) is 19.3 Å². The molecule has 0 radical (unpaired) electrons. The molecule has 86 valence electrons. The molecule has 0 aromatic carbocycles. The van der Waals surface area contributed by atoms with Gasteiger partial charge in [-0.25, -0.2) is 4.98 Å². The van der Waals surface area contributed by atoms with Crippen LogP contribution in [0.3, 0.4) is 0 Å². The van der Waals surface area contributed by atoms with Crippen molar-refractivity contribution in [3.05, 3.63) is 28.3 Å². The van der Waals surface area contributed by atoms with Gasteiger partial charge in [0.2, 0.25) is 0 Å². The van der Waals surface area contributed by atoms with Crippen LogP contribution < -0.4 is 0 Å². The van der Waals surface area contributed by atoms with Crippen molar-refractivity contribution in [2.75, 3.05) is 13.2 Å². The summed E-state index contributed by atoms with van der Waals surface area (Å²) in [6, 6.07) is 6.09. The van der Waals surface area contributed by atoms with Crippen molar-refractivity contribution < 1.29 is 9.15 Å². The highest BCUT2D eigenvalue weighted by Gasteiger charge is 2.43. The number of hydrogen-bond donors (Lipinski definition) is 0. The van der Waals surface area contributed by atoms with Gasteiger partial charge < -0.3 is 9.15 Å². The number of thiazole rings is 1. The molecule has 3 rings (SSSR count). The van der Waals surface area contributed by atoms with Gasteiger partial charge in [0.25, 0.3) is 0 Å². The molecule has 0 unspecified atom stereocenters. The molecular formula is C12H10N2O2S. The molecule has 2 aromatic heterocycles. The third kappa shape index (κ3) is 1.57. The van der Waals surface area contributed by atoms with Crippen molar-refractivity contribution in [1.82, 2.24) is 4.98 Å². The second-order valence-corrected chi connectivity index (χ2v) is 4.99. The first-order chi connectivity index (χ1) is 8.23. The average Bonchev–Trinajstić information content (AvgIpc) is 2.86. The summed E-state index contributed by atoms with van der Waals surface area (Å²) in [6.07, 6.45) is 0. The molecule has 0 amide bonds. The number of nitrogens with zero attached hydrogens (tertiary/aromatic N) is 2. The number of furan rings is 1. The van der Waals surface area contributed by atoms with Crippen LogP contribution in [0.1, 0.15) is 10.8 Å². The Bertz CT molecular complexity index is 590. The number of aryl methyl sites for hydroxylation is 1. The first-order valence-corrected chi connectivity index (χ1v) is 6.13. The number of nitriles is 1. The number of aromatic nitrogens is 1. The molecular weight excluding hydrogens is 236 g/mol. The van der Waals surface area contributed by atoms with Gasteiger partial charge in [0, 0.05) is 5.38 Å². The lowest BCUT2D eigenvalue weighted by molar-refractivity contribution is -0.0298. The quantitative estimate of drug-likeness (QED) is 0.816. The molecule has 2 aromatic rings. The fraction of sp³-hybridized carbons (Fsp3) is 0.333. The van der Waals surface area contributed by atoms with Crippen LogP contribution in [0.5, 0.6) is 0 Å². The lowest BCUT2D eigenvalue weighted by atomic mass is 9.89. The van der Waals surface area contributed by atoms with E-state index in [9.17, 15) is 5.26 Å². The van der Waals surface area contributed by atoms with Gasteiger partial charge in [-0.15, -0.1) is 11.3 Å². The second kappa shape index (κ2) is 3.69. The Hall–Kier alpha value is -1.64. The highest BCUT2D eigenvalue weighted by atomic mass is 32.1. The van der Waals surface area contributed by atoms with Gasteiger partial charge >= 0.3 is 0 Å². The van der Waals surface area contributed by atoms with Gasteiger partial charge in [-0.05, 0) is 19.1 Å². The first kappa shape index (κ1) is 10.5. The molecule has 0 atom stereocenters. The Morgan fingerprint density at radius 1 is 1.47 bits per heavy atom. The van der Waals surface area contributed by atoms with Crippen LogP contribution in [-0.2, 0) is 10.2 Å². The van der Waals surface area contributed by atoms with Gasteiger partial charge in [-0.2, -0.15) is 5.26 Å². The second-order valence-electron chi connectivity index (χ2n) is 4.13. The summed E-state index contributed by atoms with van der Waals surface area (Å²) in [6.45, 7) is 2.77. The topological polar surface area (TPSA) is 59.0 Å². The van der Waals surface area contributed by atoms with E-state index in [-0.39, 0.29) is 0 Å². The van der Waals surface area contributed by atoms with E-state index in [0.29, 0.717) is 13.2 Å². The Balaban J connectivity index is 1.96. The molecule has 0 aliphatic carbocycles. The summed E-state index contributed by atoms with van der Waals surface area (Å²) in [5.74, 6) is 1.61. The van der Waals surface area contributed by atoms with Crippen molar-refractivity contribution in [3.8, 4) is 17.5 Å². The van der Waals surface area contributed by atoms with Crippen LogP contribution in [0, 0.1) is 18.3 Å². The Morgan fingerprint density at radius 2 is 2.29 bits per heavy atom. The maximum atomic E-state index is 9.19. The molecule has 0 bridgehead atoms. The van der Waals surface area contributed by atoms with E-state index in [1.807, 2.05) is 24.4 Å². The number of rotatable bonds is 2. The third-order valence-corrected chi connectivity index (χ3v) is 3.86. The Morgan fingerprint density at radius 3 is 2.82 bits per heavy atom. The predicted octanol–water partition coefficient (Wildman–Crippen LogP) is 2.50. The van der Waals surface area contributed by atoms with Crippen LogP contribution in [0.4, 0.5) is 0 Å². The van der Waals surface area contributed by atoms with Crippen molar-refractivity contribution >= 4 is 11.3 Å². The smallest absolute Gasteiger partial charge is 0.155 e. The molecule has 17 heavy (non-hydrogen) atoms. The molecule has 1 aliphatic rings. The average molecular weight is 246 g/mol. The summed E-state index contributed by atoms with van der Waals surface area (Å²) < 4.78 is 10.6. The molecule has 4 nitrogen and oxygen atoms in total. The summed E-state index contributed by atoms with van der Waals surface area (Å²) in [5.41, 5.74) is 0.254. The standard InChI is InChI=1S/C12H10N2O2S/c1-8-2-3-10(16-8)9-4-17-11(14-9)12(5-13)6-15-7-12/h2-4H,6-7H2,1H3. The highest BCUT2D eigenvalue weighted by Crippen LogP contribution is 2.36. The molecule has 1 aliphatic heterocycles. The Labute approximate surface area is 102 Å². The summed E-state index contributed by atoms with van der Waals surface area (Å²) in [4.78, 5) is 4.48. The van der Waals surface area contributed by atoms with E-state index in [2.05, 4.69) is 11.1 Å². The monoisotopic (exact) mass is 246 g/mol. The fourth-order valence-corrected chi connectivity index (χ4v) is 2.65. The minimum absolute atomic E-state index is 0.438. The molecule has 5 heteroatoms. The van der Waals surface area contributed by atoms with E-state index in [4.69, 9.17) is 9.15 Å². The molecule has 3 heterocycles. The van der Waals surface area contributed by atoms with E-state index in [0.717, 1.165) is 22.2 Å². The van der Waals surface area contributed by atoms with Crippen LogP contribution in [-0.4, -0.2) is 18.2 Å². The summed E-state index contributed by atoms with van der Waals surface area (Å²) >= 11 is 1.49. The van der Waals surface area contributed by atoms with Crippen LogP contribution in [0.25, 0.3) is 11.5 Å². The normalized spacial score (nSPS) is 17.4. The van der Waals surface area contributed by atoms with Gasteiger partial charge in [-0.3, -0.25) is 0 Å². The largest absolute Gasteiger partial charge is 0.460 e. The number of ether oxygens (including phenoxy) is 1. The van der Waals surface area contributed by atoms with Crippen molar-refractivity contribution in [2.45, 2.75) is 12.3 Å². The maximum absolute atomic E-state index is 9.19. The summed E-state index contributed by atoms with van der Waals surface area (Å²) in [7, 11) is 0. The van der Waals surface area contributed by atoms with E-state index in [1.165, 1.54) is 11.3 Å². The van der Waals surface area contributed by atoms with E-state index >= 15 is 0 Å². The third-order valence-electron chi connectivity index (χ3n) is 2.82. The minimum atomic E-state index is -0.537. The van der Waals surface area contributed by atoms with Gasteiger partial charge in [0.15, 0.2) is 11.2 Å². The zero-order chi connectivity index (χ0) is 11.9. The zero-order valence-corrected chi connectivity index (χ0v) is 10.1. The Kier molecular flexibility index (Phi) is 2.28. The molecule has 1 fully saturated rings. The summed E-state index contributed by atoms with van der Waals surface area (Å²) in [5, 5.41) is 11.9. The lowest BCUT2D eigenvalue weighted by Gasteiger charge is -2.32. The fourth-order valence-electron chi connectivity index (χ4n) is 1.72. The van der Waals surface area contributed by atoms with Crippen LogP contribution in [0.2, 0.25) is 0 Å². The molecule has 0 saturated carbocycles. The maximum Gasteiger partial charge on any atom is 0.155 e. The van der Waals surface area contributed by atoms with Gasteiger partial charge in [-0.1, -0.05) is 0 Å². The molecule has 0 N–H and O–H groups in total.